The highest BCUT2D eigenvalue weighted by molar-refractivity contribution is 6.31. The molecule has 0 spiro atoms. The van der Waals surface area contributed by atoms with Crippen molar-refractivity contribution in [2.24, 2.45) is 5.73 Å². The van der Waals surface area contributed by atoms with Crippen molar-refractivity contribution in [2.45, 2.75) is 32.5 Å². The first-order chi connectivity index (χ1) is 15.3. The largest absolute Gasteiger partial charge is 0.476 e. The summed E-state index contributed by atoms with van der Waals surface area (Å²) in [6.45, 7) is 5.06. The van der Waals surface area contributed by atoms with Crippen LogP contribution in [0.1, 0.15) is 19.4 Å². The van der Waals surface area contributed by atoms with E-state index in [1.54, 1.807) is 30.3 Å². The van der Waals surface area contributed by atoms with Crippen molar-refractivity contribution in [3.63, 3.8) is 0 Å². The van der Waals surface area contributed by atoms with Gasteiger partial charge in [0.05, 0.1) is 18.3 Å². The van der Waals surface area contributed by atoms with E-state index in [0.29, 0.717) is 35.2 Å². The van der Waals surface area contributed by atoms with Crippen molar-refractivity contribution in [1.29, 1.82) is 0 Å². The lowest BCUT2D eigenvalue weighted by molar-refractivity contribution is -0.114. The summed E-state index contributed by atoms with van der Waals surface area (Å²) in [5.41, 5.74) is 7.22. The molecule has 3 N–H and O–H groups in total. The number of halogens is 2. The van der Waals surface area contributed by atoms with Crippen LogP contribution in [0.3, 0.4) is 0 Å². The lowest BCUT2D eigenvalue weighted by Gasteiger charge is -2.45. The third-order valence-electron chi connectivity index (χ3n) is 5.44. The Morgan fingerprint density at radius 2 is 2.00 bits per heavy atom. The highest BCUT2D eigenvalue weighted by Crippen LogP contribution is 2.30. The number of carbonyl (C=O) groups excluding carboxylic acids is 2. The van der Waals surface area contributed by atoms with E-state index < -0.39 is 0 Å². The summed E-state index contributed by atoms with van der Waals surface area (Å²) in [6.07, 6.45) is 0. The van der Waals surface area contributed by atoms with Gasteiger partial charge in [0.15, 0.2) is 0 Å². The van der Waals surface area contributed by atoms with Gasteiger partial charge in [0, 0.05) is 24.2 Å². The van der Waals surface area contributed by atoms with Crippen LogP contribution in [0, 0.1) is 5.82 Å². The second-order valence-corrected chi connectivity index (χ2v) is 8.14. The van der Waals surface area contributed by atoms with Gasteiger partial charge in [-0.05, 0) is 49.7 Å². The van der Waals surface area contributed by atoms with Crippen molar-refractivity contribution in [3.8, 4) is 5.75 Å². The number of carbonyl (C=O) groups is 1. The second-order valence-electron chi connectivity index (χ2n) is 7.70. The Hall–Kier alpha value is -2.90. The topological polar surface area (TPSA) is 87.9 Å². The number of benzene rings is 2. The molecular weight excluding hydrogens is 435 g/mol. The Morgan fingerprint density at radius 3 is 2.66 bits per heavy atom. The SMILES string of the molecule is CC1C(=C=O)N(Cc2ccc(F)cc2)C(C)CN1COc1ccc(Cl)cc1NC(=O)CN. The molecule has 1 amide bonds. The maximum Gasteiger partial charge on any atom is 0.238 e. The molecule has 0 saturated carbocycles. The van der Waals surface area contributed by atoms with Gasteiger partial charge in [-0.2, -0.15) is 0 Å². The Bertz CT molecular complexity index is 1010. The Balaban J connectivity index is 1.71. The van der Waals surface area contributed by atoms with Crippen molar-refractivity contribution in [1.82, 2.24) is 9.80 Å². The number of piperazine rings is 1. The van der Waals surface area contributed by atoms with Crippen molar-refractivity contribution >= 4 is 29.1 Å². The third kappa shape index (κ3) is 5.66. The van der Waals surface area contributed by atoms with Crippen LogP contribution in [0.4, 0.5) is 10.1 Å². The lowest BCUT2D eigenvalue weighted by atomic mass is 10.0. The normalized spacial score (nSPS) is 18.9. The van der Waals surface area contributed by atoms with Gasteiger partial charge < -0.3 is 20.7 Å². The molecule has 1 heterocycles. The molecule has 1 fully saturated rings. The van der Waals surface area contributed by atoms with Crippen molar-refractivity contribution < 1.29 is 18.7 Å². The molecule has 9 heteroatoms. The molecule has 2 aromatic rings. The quantitative estimate of drug-likeness (QED) is 0.617. The van der Waals surface area contributed by atoms with E-state index in [-0.39, 0.29) is 37.1 Å². The molecule has 0 bridgehead atoms. The summed E-state index contributed by atoms with van der Waals surface area (Å²) in [4.78, 5) is 27.5. The number of nitrogens with zero attached hydrogens (tertiary/aromatic N) is 2. The standard InChI is InChI=1S/C23H26ClFN4O3/c1-15-11-28(14-32-22-8-5-18(24)9-20(22)27-23(31)10-26)16(2)21(13-30)29(15)12-17-3-6-19(25)7-4-17/h3-9,15-16H,10-12,14,26H2,1-2H3,(H,27,31). The van der Waals surface area contributed by atoms with E-state index in [4.69, 9.17) is 22.1 Å². The summed E-state index contributed by atoms with van der Waals surface area (Å²) < 4.78 is 19.2. The van der Waals surface area contributed by atoms with Gasteiger partial charge in [0.2, 0.25) is 5.91 Å². The fourth-order valence-electron chi connectivity index (χ4n) is 3.66. The molecule has 1 saturated heterocycles. The Morgan fingerprint density at radius 1 is 1.28 bits per heavy atom. The van der Waals surface area contributed by atoms with Crippen LogP contribution in [0.25, 0.3) is 0 Å². The number of amides is 1. The minimum atomic E-state index is -0.361. The first kappa shape index (κ1) is 23.8. The van der Waals surface area contributed by atoms with Crippen LogP contribution in [0.2, 0.25) is 5.02 Å². The van der Waals surface area contributed by atoms with E-state index in [9.17, 15) is 14.0 Å². The van der Waals surface area contributed by atoms with Crippen molar-refractivity contribution in [2.75, 3.05) is 25.1 Å². The lowest BCUT2D eigenvalue weighted by Crippen LogP contribution is -2.55. The molecule has 170 valence electrons. The van der Waals surface area contributed by atoms with Gasteiger partial charge in [-0.15, -0.1) is 0 Å². The molecule has 7 nitrogen and oxygen atoms in total. The van der Waals surface area contributed by atoms with Crippen LogP contribution in [-0.4, -0.2) is 53.6 Å². The average molecular weight is 461 g/mol. The highest BCUT2D eigenvalue weighted by Gasteiger charge is 2.34. The zero-order chi connectivity index (χ0) is 23.3. The minimum absolute atomic E-state index is 0.00191. The number of nitrogens with one attached hydrogen (secondary N) is 1. The fraction of sp³-hybridized carbons (Fsp3) is 0.348. The van der Waals surface area contributed by atoms with Gasteiger partial charge >= 0.3 is 0 Å². The van der Waals surface area contributed by atoms with Crippen LogP contribution in [-0.2, 0) is 16.1 Å². The van der Waals surface area contributed by atoms with Gasteiger partial charge in [0.1, 0.15) is 29.9 Å². The predicted octanol–water partition coefficient (Wildman–Crippen LogP) is 3.02. The Labute approximate surface area is 191 Å². The van der Waals surface area contributed by atoms with Gasteiger partial charge in [-0.25, -0.2) is 9.18 Å². The molecule has 0 radical (unpaired) electrons. The molecule has 2 unspecified atom stereocenters. The number of ether oxygens (including phenoxy) is 1. The predicted molar refractivity (Wildman–Crippen MR) is 121 cm³/mol. The summed E-state index contributed by atoms with van der Waals surface area (Å²) in [6, 6.07) is 10.9. The first-order valence-corrected chi connectivity index (χ1v) is 10.6. The maximum absolute atomic E-state index is 13.2. The summed E-state index contributed by atoms with van der Waals surface area (Å²) in [5.74, 6) is 1.87. The number of rotatable bonds is 7. The van der Waals surface area contributed by atoms with E-state index in [1.165, 1.54) is 12.1 Å². The molecule has 2 atom stereocenters. The summed E-state index contributed by atoms with van der Waals surface area (Å²) >= 11 is 6.04. The molecule has 1 aliphatic rings. The summed E-state index contributed by atoms with van der Waals surface area (Å²) in [7, 11) is 0. The molecule has 2 aromatic carbocycles. The number of anilines is 1. The Kier molecular flexibility index (Phi) is 7.88. The molecule has 3 rings (SSSR count). The number of nitrogens with two attached hydrogens (primary N) is 1. The molecule has 0 aromatic heterocycles. The van der Waals surface area contributed by atoms with E-state index >= 15 is 0 Å². The fourth-order valence-corrected chi connectivity index (χ4v) is 3.83. The molecular formula is C23H26ClFN4O3. The number of hydrogen-bond acceptors (Lipinski definition) is 6. The van der Waals surface area contributed by atoms with Gasteiger partial charge in [-0.3, -0.25) is 9.69 Å². The van der Waals surface area contributed by atoms with E-state index in [1.807, 2.05) is 23.6 Å². The first-order valence-electron chi connectivity index (χ1n) is 10.2. The van der Waals surface area contributed by atoms with Crippen LogP contribution in [0.15, 0.2) is 48.2 Å². The smallest absolute Gasteiger partial charge is 0.238 e. The second kappa shape index (κ2) is 10.6. The average Bonchev–Trinajstić information content (AvgIpc) is 2.77. The monoisotopic (exact) mass is 460 g/mol. The van der Waals surface area contributed by atoms with E-state index in [0.717, 1.165) is 5.56 Å². The molecule has 1 aliphatic heterocycles. The van der Waals surface area contributed by atoms with Gasteiger partial charge in [0.25, 0.3) is 0 Å². The molecule has 32 heavy (non-hydrogen) atoms. The van der Waals surface area contributed by atoms with Crippen LogP contribution in [0.5, 0.6) is 5.75 Å². The van der Waals surface area contributed by atoms with Crippen molar-refractivity contribution in [3.05, 3.63) is 64.6 Å². The van der Waals surface area contributed by atoms with Crippen LogP contribution < -0.4 is 15.8 Å². The maximum atomic E-state index is 13.2. The van der Waals surface area contributed by atoms with Crippen LogP contribution >= 0.6 is 11.6 Å². The van der Waals surface area contributed by atoms with Gasteiger partial charge in [-0.1, -0.05) is 23.7 Å². The minimum Gasteiger partial charge on any atom is -0.476 e. The molecule has 0 aliphatic carbocycles. The summed E-state index contributed by atoms with van der Waals surface area (Å²) in [5, 5.41) is 3.12. The third-order valence-corrected chi connectivity index (χ3v) is 5.68. The zero-order valence-corrected chi connectivity index (χ0v) is 18.7. The zero-order valence-electron chi connectivity index (χ0n) is 18.0. The number of hydrogen-bond donors (Lipinski definition) is 2. The highest BCUT2D eigenvalue weighted by atomic mass is 35.5. The van der Waals surface area contributed by atoms with E-state index in [2.05, 4.69) is 11.3 Å².